The molecule has 0 atom stereocenters. The maximum Gasteiger partial charge on any atom is 0.282 e. The van der Waals surface area contributed by atoms with E-state index in [1.54, 1.807) is 30.3 Å². The first kappa shape index (κ1) is 18.4. The van der Waals surface area contributed by atoms with Crippen LogP contribution in [-0.4, -0.2) is 11.8 Å². The summed E-state index contributed by atoms with van der Waals surface area (Å²) in [6.45, 7) is 1.86. The van der Waals surface area contributed by atoms with Crippen LogP contribution >= 0.6 is 22.9 Å². The lowest BCUT2D eigenvalue weighted by atomic mass is 10.1. The molecule has 1 aliphatic heterocycles. The van der Waals surface area contributed by atoms with Crippen LogP contribution in [0, 0.1) is 12.7 Å². The van der Waals surface area contributed by atoms with Gasteiger partial charge in [0.2, 0.25) is 0 Å². The number of amides is 2. The Balaban J connectivity index is 1.84. The number of benzene rings is 2. The number of aryl methyl sites for hydroxylation is 1. The number of anilines is 2. The summed E-state index contributed by atoms with van der Waals surface area (Å²) in [5, 5.41) is 5.36. The van der Waals surface area contributed by atoms with E-state index >= 15 is 0 Å². The van der Waals surface area contributed by atoms with E-state index in [0.717, 1.165) is 10.5 Å². The van der Waals surface area contributed by atoms with E-state index in [-0.39, 0.29) is 17.0 Å². The Bertz CT molecular complexity index is 1130. The van der Waals surface area contributed by atoms with Gasteiger partial charge in [-0.2, -0.15) is 0 Å². The third-order valence-corrected chi connectivity index (χ3v) is 5.53. The van der Waals surface area contributed by atoms with Crippen molar-refractivity contribution in [2.24, 2.45) is 0 Å². The van der Waals surface area contributed by atoms with E-state index in [0.29, 0.717) is 15.6 Å². The van der Waals surface area contributed by atoms with Crippen molar-refractivity contribution >= 4 is 51.7 Å². The molecule has 0 fully saturated rings. The van der Waals surface area contributed by atoms with E-state index in [1.165, 1.54) is 29.5 Å². The number of para-hydroxylation sites is 1. The van der Waals surface area contributed by atoms with Crippen molar-refractivity contribution in [3.8, 4) is 0 Å². The minimum absolute atomic E-state index is 0.0776. The molecule has 0 aliphatic carbocycles. The molecule has 3 aromatic rings. The molecule has 0 bridgehead atoms. The maximum atomic E-state index is 14.3. The van der Waals surface area contributed by atoms with Crippen LogP contribution in [0.1, 0.15) is 10.4 Å². The molecule has 0 unspecified atom stereocenters. The number of hydrogen-bond acceptors (Lipinski definition) is 4. The molecule has 2 amide bonds. The van der Waals surface area contributed by atoms with Crippen molar-refractivity contribution in [3.63, 3.8) is 0 Å². The monoisotopic (exact) mass is 412 g/mol. The standard InChI is InChI=1S/C21H14ClFN2O2S/c1-12-8-9-13(22)11-15(12)24-19-18(17-7-4-10-28-17)20(26)25(21(19)27)16-6-3-2-5-14(16)23/h2-11,24H,1H3. The van der Waals surface area contributed by atoms with Gasteiger partial charge in [-0.3, -0.25) is 9.59 Å². The highest BCUT2D eigenvalue weighted by molar-refractivity contribution is 7.11. The van der Waals surface area contributed by atoms with Gasteiger partial charge in [0.1, 0.15) is 11.5 Å². The zero-order valence-corrected chi connectivity index (χ0v) is 16.3. The fourth-order valence-corrected chi connectivity index (χ4v) is 3.95. The Labute approximate surface area is 169 Å². The number of nitrogens with one attached hydrogen (secondary N) is 1. The summed E-state index contributed by atoms with van der Waals surface area (Å²) in [4.78, 5) is 27.8. The van der Waals surface area contributed by atoms with E-state index < -0.39 is 17.6 Å². The predicted molar refractivity (Wildman–Crippen MR) is 110 cm³/mol. The number of carbonyl (C=O) groups excluding carboxylic acids is 2. The normalized spacial score (nSPS) is 14.2. The van der Waals surface area contributed by atoms with Gasteiger partial charge in [-0.15, -0.1) is 11.3 Å². The van der Waals surface area contributed by atoms with Crippen molar-refractivity contribution in [1.29, 1.82) is 0 Å². The molecule has 1 N–H and O–H groups in total. The molecule has 7 heteroatoms. The number of carbonyl (C=O) groups is 2. The molecule has 0 radical (unpaired) electrons. The summed E-state index contributed by atoms with van der Waals surface area (Å²) in [6, 6.07) is 14.5. The third kappa shape index (κ3) is 3.10. The molecule has 0 saturated carbocycles. The molecule has 1 aliphatic rings. The molecular weight excluding hydrogens is 399 g/mol. The van der Waals surface area contributed by atoms with Crippen molar-refractivity contribution in [2.45, 2.75) is 6.92 Å². The molecule has 2 aromatic carbocycles. The van der Waals surface area contributed by atoms with Crippen molar-refractivity contribution < 1.29 is 14.0 Å². The van der Waals surface area contributed by atoms with Crippen LogP contribution in [0.25, 0.3) is 5.57 Å². The number of thiophene rings is 1. The van der Waals surface area contributed by atoms with Crippen LogP contribution in [-0.2, 0) is 9.59 Å². The summed E-state index contributed by atoms with van der Waals surface area (Å²) >= 11 is 7.41. The third-order valence-electron chi connectivity index (χ3n) is 4.40. The number of nitrogens with zero attached hydrogens (tertiary/aromatic N) is 1. The minimum Gasteiger partial charge on any atom is -0.350 e. The number of rotatable bonds is 4. The van der Waals surface area contributed by atoms with Crippen LogP contribution in [0.15, 0.2) is 65.7 Å². The van der Waals surface area contributed by atoms with E-state index in [9.17, 15) is 14.0 Å². The van der Waals surface area contributed by atoms with Gasteiger partial charge < -0.3 is 5.32 Å². The average molecular weight is 413 g/mol. The van der Waals surface area contributed by atoms with E-state index in [1.807, 2.05) is 18.4 Å². The topological polar surface area (TPSA) is 49.4 Å². The lowest BCUT2D eigenvalue weighted by molar-refractivity contribution is -0.120. The largest absolute Gasteiger partial charge is 0.350 e. The summed E-state index contributed by atoms with van der Waals surface area (Å²) < 4.78 is 14.3. The first-order valence-electron chi connectivity index (χ1n) is 8.42. The molecule has 4 rings (SSSR count). The van der Waals surface area contributed by atoms with Gasteiger partial charge in [0.25, 0.3) is 11.8 Å². The molecule has 0 spiro atoms. The first-order valence-corrected chi connectivity index (χ1v) is 9.68. The van der Waals surface area contributed by atoms with Gasteiger partial charge in [-0.05, 0) is 48.2 Å². The summed E-state index contributed by atoms with van der Waals surface area (Å²) in [5.41, 5.74) is 1.69. The van der Waals surface area contributed by atoms with Gasteiger partial charge in [-0.1, -0.05) is 35.9 Å². The molecule has 1 aromatic heterocycles. The van der Waals surface area contributed by atoms with Crippen molar-refractivity contribution in [2.75, 3.05) is 10.2 Å². The molecular formula is C21H14ClFN2O2S. The predicted octanol–water partition coefficient (Wildman–Crippen LogP) is 5.25. The summed E-state index contributed by atoms with van der Waals surface area (Å²) in [7, 11) is 0. The minimum atomic E-state index is -0.644. The molecule has 2 heterocycles. The zero-order valence-electron chi connectivity index (χ0n) is 14.7. The molecule has 4 nitrogen and oxygen atoms in total. The lowest BCUT2D eigenvalue weighted by Gasteiger charge is -2.16. The second kappa shape index (κ2) is 7.22. The second-order valence-corrected chi connectivity index (χ2v) is 7.59. The highest BCUT2D eigenvalue weighted by atomic mass is 35.5. The van der Waals surface area contributed by atoms with Crippen LogP contribution in [0.2, 0.25) is 5.02 Å². The summed E-state index contributed by atoms with van der Waals surface area (Å²) in [6.07, 6.45) is 0. The Morgan fingerprint density at radius 2 is 1.82 bits per heavy atom. The average Bonchev–Trinajstić information content (AvgIpc) is 3.27. The summed E-state index contributed by atoms with van der Waals surface area (Å²) in [5.74, 6) is -1.83. The smallest absolute Gasteiger partial charge is 0.282 e. The Morgan fingerprint density at radius 1 is 1.04 bits per heavy atom. The van der Waals surface area contributed by atoms with Gasteiger partial charge in [0, 0.05) is 15.6 Å². The van der Waals surface area contributed by atoms with Crippen LogP contribution < -0.4 is 10.2 Å². The van der Waals surface area contributed by atoms with Crippen LogP contribution in [0.4, 0.5) is 15.8 Å². The van der Waals surface area contributed by atoms with E-state index in [4.69, 9.17) is 11.6 Å². The number of halogens is 2. The highest BCUT2D eigenvalue weighted by Gasteiger charge is 2.41. The van der Waals surface area contributed by atoms with Crippen LogP contribution in [0.5, 0.6) is 0 Å². The van der Waals surface area contributed by atoms with Gasteiger partial charge in [0.15, 0.2) is 0 Å². The van der Waals surface area contributed by atoms with E-state index in [2.05, 4.69) is 5.32 Å². The second-order valence-electron chi connectivity index (χ2n) is 6.21. The molecule has 28 heavy (non-hydrogen) atoms. The van der Waals surface area contributed by atoms with Gasteiger partial charge in [-0.25, -0.2) is 9.29 Å². The van der Waals surface area contributed by atoms with Crippen LogP contribution in [0.3, 0.4) is 0 Å². The Kier molecular flexibility index (Phi) is 4.75. The van der Waals surface area contributed by atoms with Gasteiger partial charge >= 0.3 is 0 Å². The highest BCUT2D eigenvalue weighted by Crippen LogP contribution is 2.37. The SMILES string of the molecule is Cc1ccc(Cl)cc1NC1=C(c2cccs2)C(=O)N(c2ccccc2F)C1=O. The molecule has 0 saturated heterocycles. The lowest BCUT2D eigenvalue weighted by Crippen LogP contribution is -2.33. The first-order chi connectivity index (χ1) is 13.5. The van der Waals surface area contributed by atoms with Crippen molar-refractivity contribution in [3.05, 3.63) is 87.0 Å². The van der Waals surface area contributed by atoms with Gasteiger partial charge in [0.05, 0.1) is 11.3 Å². The zero-order chi connectivity index (χ0) is 19.8. The van der Waals surface area contributed by atoms with Crippen molar-refractivity contribution in [1.82, 2.24) is 0 Å². The number of hydrogen-bond donors (Lipinski definition) is 1. The quantitative estimate of drug-likeness (QED) is 0.596. The molecule has 140 valence electrons. The fraction of sp³-hybridized carbons (Fsp3) is 0.0476. The maximum absolute atomic E-state index is 14.3. The fourth-order valence-electron chi connectivity index (χ4n) is 3.01. The number of imide groups is 1. The Hall–Kier alpha value is -2.96. The Morgan fingerprint density at radius 3 is 2.54 bits per heavy atom.